The van der Waals surface area contributed by atoms with E-state index in [9.17, 15) is 19.2 Å². The average Bonchev–Trinajstić information content (AvgIpc) is 2.73. The van der Waals surface area contributed by atoms with E-state index in [1.807, 2.05) is 0 Å². The van der Waals surface area contributed by atoms with E-state index in [1.54, 1.807) is 44.2 Å². The van der Waals surface area contributed by atoms with Gasteiger partial charge in [-0.25, -0.2) is 9.59 Å². The molecular formula is C21H20ClNO6. The quantitative estimate of drug-likeness (QED) is 0.305. The van der Waals surface area contributed by atoms with Gasteiger partial charge in [0.25, 0.3) is 0 Å². The molecule has 1 atom stereocenters. The number of ether oxygens (including phenoxy) is 2. The molecule has 1 amide bonds. The Morgan fingerprint density at radius 3 is 1.86 bits per heavy atom. The van der Waals surface area contributed by atoms with Crippen molar-refractivity contribution in [2.24, 2.45) is 0 Å². The second-order valence-electron chi connectivity index (χ2n) is 5.82. The molecule has 0 heterocycles. The summed E-state index contributed by atoms with van der Waals surface area (Å²) in [5.41, 5.74) is 0.492. The minimum absolute atomic E-state index is 0.0493. The predicted octanol–water partition coefficient (Wildman–Crippen LogP) is 3.47. The van der Waals surface area contributed by atoms with Crippen molar-refractivity contribution in [1.29, 1.82) is 0 Å². The molecule has 0 aliphatic heterocycles. The van der Waals surface area contributed by atoms with Crippen molar-refractivity contribution in [1.82, 2.24) is 0 Å². The number of esters is 2. The summed E-state index contributed by atoms with van der Waals surface area (Å²) in [5, 5.41) is 0.969. The number of carbonyl (C=O) groups excluding carboxylic acids is 4. The lowest BCUT2D eigenvalue weighted by Gasteiger charge is -2.12. The third kappa shape index (κ3) is 5.89. The van der Waals surface area contributed by atoms with E-state index in [0.717, 1.165) is 0 Å². The minimum atomic E-state index is -1.49. The van der Waals surface area contributed by atoms with Gasteiger partial charge in [-0.05, 0) is 32.0 Å². The zero-order valence-corrected chi connectivity index (χ0v) is 16.7. The van der Waals surface area contributed by atoms with Crippen LogP contribution in [0.15, 0.2) is 48.5 Å². The fourth-order valence-electron chi connectivity index (χ4n) is 2.44. The molecule has 152 valence electrons. The van der Waals surface area contributed by atoms with Crippen LogP contribution < -0.4 is 5.32 Å². The van der Waals surface area contributed by atoms with E-state index in [2.05, 4.69) is 5.32 Å². The van der Waals surface area contributed by atoms with Crippen LogP contribution in [0.3, 0.4) is 0 Å². The van der Waals surface area contributed by atoms with Gasteiger partial charge in [0.2, 0.25) is 5.91 Å². The molecule has 0 fully saturated rings. The lowest BCUT2D eigenvalue weighted by Crippen LogP contribution is -2.30. The molecule has 0 saturated carbocycles. The van der Waals surface area contributed by atoms with Crippen LogP contribution in [0.25, 0.3) is 0 Å². The van der Waals surface area contributed by atoms with E-state index in [0.29, 0.717) is 0 Å². The summed E-state index contributed by atoms with van der Waals surface area (Å²) in [5.74, 6) is -2.71. The Bertz CT molecular complexity index is 876. The van der Waals surface area contributed by atoms with E-state index in [1.165, 1.54) is 18.2 Å². The minimum Gasteiger partial charge on any atom is -0.462 e. The summed E-state index contributed by atoms with van der Waals surface area (Å²) in [4.78, 5) is 49.0. The van der Waals surface area contributed by atoms with Crippen molar-refractivity contribution < 1.29 is 28.7 Å². The summed E-state index contributed by atoms with van der Waals surface area (Å²) in [6.07, 6.45) is 0. The van der Waals surface area contributed by atoms with Gasteiger partial charge in [0, 0.05) is 11.3 Å². The molecule has 29 heavy (non-hydrogen) atoms. The van der Waals surface area contributed by atoms with Gasteiger partial charge in [-0.1, -0.05) is 30.3 Å². The van der Waals surface area contributed by atoms with Crippen molar-refractivity contribution >= 4 is 40.9 Å². The molecule has 2 aromatic carbocycles. The summed E-state index contributed by atoms with van der Waals surface area (Å²) in [6, 6.07) is 12.1. The highest BCUT2D eigenvalue weighted by Crippen LogP contribution is 2.19. The van der Waals surface area contributed by atoms with Crippen molar-refractivity contribution in [3.8, 4) is 0 Å². The lowest BCUT2D eigenvalue weighted by molar-refractivity contribution is -0.115. The van der Waals surface area contributed by atoms with Crippen LogP contribution in [0.1, 0.15) is 44.9 Å². The Morgan fingerprint density at radius 1 is 0.862 bits per heavy atom. The van der Waals surface area contributed by atoms with E-state index in [4.69, 9.17) is 21.1 Å². The van der Waals surface area contributed by atoms with E-state index in [-0.39, 0.29) is 35.6 Å². The average molecular weight is 418 g/mol. The smallest absolute Gasteiger partial charge is 0.338 e. The van der Waals surface area contributed by atoms with Gasteiger partial charge in [0.1, 0.15) is 0 Å². The Labute approximate surface area is 172 Å². The number of benzene rings is 2. The van der Waals surface area contributed by atoms with Gasteiger partial charge >= 0.3 is 11.9 Å². The first-order valence-electron chi connectivity index (χ1n) is 8.90. The van der Waals surface area contributed by atoms with Crippen molar-refractivity contribution in [2.75, 3.05) is 18.5 Å². The zero-order chi connectivity index (χ0) is 21.4. The van der Waals surface area contributed by atoms with Crippen LogP contribution in [0.4, 0.5) is 5.69 Å². The molecule has 0 aliphatic carbocycles. The summed E-state index contributed by atoms with van der Waals surface area (Å²) < 4.78 is 9.88. The number of ketones is 1. The molecule has 0 saturated heterocycles. The van der Waals surface area contributed by atoms with Gasteiger partial charge in [-0.3, -0.25) is 9.59 Å². The van der Waals surface area contributed by atoms with Gasteiger partial charge in [0.05, 0.1) is 24.3 Å². The van der Waals surface area contributed by atoms with Crippen LogP contribution in [-0.2, 0) is 14.3 Å². The first kappa shape index (κ1) is 22.1. The molecule has 2 rings (SSSR count). The molecule has 2 aromatic rings. The monoisotopic (exact) mass is 417 g/mol. The topological polar surface area (TPSA) is 98.8 Å². The SMILES string of the molecule is CCOC(=O)c1cc(NC(=O)[C@H](Cl)C(=O)c2ccccc2)cc(C(=O)OCC)c1. The maximum absolute atomic E-state index is 12.4. The molecule has 0 bridgehead atoms. The van der Waals surface area contributed by atoms with Crippen LogP contribution in [-0.4, -0.2) is 42.2 Å². The summed E-state index contributed by atoms with van der Waals surface area (Å²) in [6.45, 7) is 3.56. The number of Topliss-reactive ketones (excluding diaryl/α,β-unsaturated/α-hetero) is 1. The van der Waals surface area contributed by atoms with E-state index >= 15 is 0 Å². The number of hydrogen-bond acceptors (Lipinski definition) is 6. The molecule has 0 aromatic heterocycles. The number of rotatable bonds is 8. The van der Waals surface area contributed by atoms with E-state index < -0.39 is 29.0 Å². The number of carbonyl (C=O) groups is 4. The van der Waals surface area contributed by atoms with Crippen LogP contribution in [0, 0.1) is 0 Å². The molecule has 1 N–H and O–H groups in total. The molecule has 0 radical (unpaired) electrons. The van der Waals surface area contributed by atoms with Crippen molar-refractivity contribution in [3.05, 3.63) is 65.2 Å². The molecule has 7 nitrogen and oxygen atoms in total. The Kier molecular flexibility index (Phi) is 7.91. The third-order valence-corrected chi connectivity index (χ3v) is 4.14. The van der Waals surface area contributed by atoms with Crippen molar-refractivity contribution in [2.45, 2.75) is 19.2 Å². The Balaban J connectivity index is 2.27. The van der Waals surface area contributed by atoms with Gasteiger partial charge in [0.15, 0.2) is 11.2 Å². The number of halogens is 1. The van der Waals surface area contributed by atoms with Gasteiger partial charge < -0.3 is 14.8 Å². The molecule has 0 unspecified atom stereocenters. The first-order chi connectivity index (χ1) is 13.9. The number of alkyl halides is 1. The van der Waals surface area contributed by atoms with Crippen LogP contribution in [0.2, 0.25) is 0 Å². The normalized spacial score (nSPS) is 11.3. The number of nitrogens with one attached hydrogen (secondary N) is 1. The largest absolute Gasteiger partial charge is 0.462 e. The highest BCUT2D eigenvalue weighted by molar-refractivity contribution is 6.45. The summed E-state index contributed by atoms with van der Waals surface area (Å²) in [7, 11) is 0. The lowest BCUT2D eigenvalue weighted by atomic mass is 10.1. The highest BCUT2D eigenvalue weighted by Gasteiger charge is 2.26. The fourth-order valence-corrected chi connectivity index (χ4v) is 2.62. The Morgan fingerprint density at radius 2 is 1.38 bits per heavy atom. The molecule has 0 aliphatic rings. The second kappa shape index (κ2) is 10.4. The third-order valence-electron chi connectivity index (χ3n) is 3.74. The second-order valence-corrected chi connectivity index (χ2v) is 6.26. The number of hydrogen-bond donors (Lipinski definition) is 1. The van der Waals surface area contributed by atoms with Gasteiger partial charge in [-0.2, -0.15) is 0 Å². The van der Waals surface area contributed by atoms with Crippen LogP contribution in [0.5, 0.6) is 0 Å². The zero-order valence-electron chi connectivity index (χ0n) is 15.9. The summed E-state index contributed by atoms with van der Waals surface area (Å²) >= 11 is 6.03. The van der Waals surface area contributed by atoms with Gasteiger partial charge in [-0.15, -0.1) is 11.6 Å². The number of anilines is 1. The molecule has 8 heteroatoms. The number of amides is 1. The van der Waals surface area contributed by atoms with Crippen molar-refractivity contribution in [3.63, 3.8) is 0 Å². The maximum Gasteiger partial charge on any atom is 0.338 e. The first-order valence-corrected chi connectivity index (χ1v) is 9.34. The maximum atomic E-state index is 12.4. The van der Waals surface area contributed by atoms with Crippen LogP contribution >= 0.6 is 11.6 Å². The molecule has 0 spiro atoms. The predicted molar refractivity (Wildman–Crippen MR) is 107 cm³/mol. The molecular weight excluding hydrogens is 398 g/mol. The standard InChI is InChI=1S/C21H20ClNO6/c1-3-28-20(26)14-10-15(21(27)29-4-2)12-16(11-14)23-19(25)17(22)18(24)13-8-6-5-7-9-13/h5-12,17H,3-4H2,1-2H3,(H,23,25)/t17-/m1/s1. The highest BCUT2D eigenvalue weighted by atomic mass is 35.5. The Hall–Kier alpha value is -3.19. The fraction of sp³-hybridized carbons (Fsp3) is 0.238.